The lowest BCUT2D eigenvalue weighted by Gasteiger charge is -1.94. The van der Waals surface area contributed by atoms with E-state index in [-0.39, 0.29) is 0 Å². The van der Waals surface area contributed by atoms with E-state index in [4.69, 9.17) is 10.5 Å². The summed E-state index contributed by atoms with van der Waals surface area (Å²) in [7, 11) is 0. The lowest BCUT2D eigenvalue weighted by Crippen LogP contribution is -2.05. The lowest BCUT2D eigenvalue weighted by atomic mass is 10.1. The van der Waals surface area contributed by atoms with Crippen molar-refractivity contribution in [1.29, 1.82) is 0 Å². The van der Waals surface area contributed by atoms with Gasteiger partial charge in [0.2, 0.25) is 5.91 Å². The Morgan fingerprint density at radius 1 is 1.15 bits per heavy atom. The van der Waals surface area contributed by atoms with E-state index >= 15 is 0 Å². The van der Waals surface area contributed by atoms with Crippen LogP contribution in [0.4, 0.5) is 0 Å². The van der Waals surface area contributed by atoms with E-state index in [9.17, 15) is 4.79 Å². The maximum atomic E-state index is 10.4. The molecular formula is C17H27NO2. The topological polar surface area (TPSA) is 60.2 Å². The molecule has 0 aliphatic heterocycles. The van der Waals surface area contributed by atoms with Gasteiger partial charge >= 0.3 is 0 Å². The first kappa shape index (κ1) is 23.0. The molecule has 0 rings (SSSR count). The molecule has 1 amide bonds. The monoisotopic (exact) mass is 277 g/mol. The normalized spacial score (nSPS) is 10.8. The van der Waals surface area contributed by atoms with Crippen LogP contribution in [0.15, 0.2) is 60.8 Å². The summed E-state index contributed by atoms with van der Waals surface area (Å²) >= 11 is 0. The molecule has 3 nitrogen and oxygen atoms in total. The predicted molar refractivity (Wildman–Crippen MR) is 88.3 cm³/mol. The van der Waals surface area contributed by atoms with Crippen LogP contribution in [0.3, 0.4) is 0 Å². The molecule has 0 saturated heterocycles. The minimum Gasteiger partial charge on any atom is -0.366 e. The van der Waals surface area contributed by atoms with Crippen LogP contribution in [0.2, 0.25) is 0 Å². The Morgan fingerprint density at radius 3 is 2.15 bits per heavy atom. The Morgan fingerprint density at radius 2 is 1.70 bits per heavy atom. The van der Waals surface area contributed by atoms with Gasteiger partial charge in [-0.25, -0.2) is 0 Å². The first-order valence-corrected chi connectivity index (χ1v) is 6.54. The third-order valence-corrected chi connectivity index (χ3v) is 1.77. The maximum absolute atomic E-state index is 10.4. The molecule has 0 aromatic rings. The van der Waals surface area contributed by atoms with Crippen LogP contribution in [0, 0.1) is 0 Å². The SMILES string of the molecule is C=CCC(/C=C/C/C=C/C(N)=O)=C\C=C/C.C=O.CC. The molecule has 2 N–H and O–H groups in total. The van der Waals surface area contributed by atoms with Crippen molar-refractivity contribution in [2.75, 3.05) is 0 Å². The number of hydrogen-bond donors (Lipinski definition) is 1. The standard InChI is InChI=1S/C14H19NO.C2H6.CH2O/c1-3-5-10-13(9-4-2)11-7-6-8-12-14(15)16;2*1-2/h3-5,7-8,10-12H,2,6,9H2,1H3,(H2,15,16);1-2H3;1H2/b5-3-,11-7+,12-8+,13-10+;;. The van der Waals surface area contributed by atoms with Crippen molar-refractivity contribution in [2.24, 2.45) is 5.73 Å². The van der Waals surface area contributed by atoms with Crippen molar-refractivity contribution in [3.8, 4) is 0 Å². The summed E-state index contributed by atoms with van der Waals surface area (Å²) in [4.78, 5) is 18.4. The zero-order chi connectivity index (χ0) is 16.2. The summed E-state index contributed by atoms with van der Waals surface area (Å²) in [5, 5.41) is 0. The van der Waals surface area contributed by atoms with Crippen LogP contribution >= 0.6 is 0 Å². The largest absolute Gasteiger partial charge is 0.366 e. The van der Waals surface area contributed by atoms with E-state index in [1.807, 2.05) is 64.0 Å². The van der Waals surface area contributed by atoms with Crippen LogP contribution in [-0.4, -0.2) is 12.7 Å². The van der Waals surface area contributed by atoms with Crippen molar-refractivity contribution in [3.63, 3.8) is 0 Å². The highest BCUT2D eigenvalue weighted by Gasteiger charge is 1.86. The Balaban J connectivity index is -0.000000656. The molecule has 0 aromatic heterocycles. The van der Waals surface area contributed by atoms with Crippen molar-refractivity contribution in [2.45, 2.75) is 33.6 Å². The maximum Gasteiger partial charge on any atom is 0.241 e. The number of carbonyl (C=O) groups is 2. The van der Waals surface area contributed by atoms with Gasteiger partial charge in [0.05, 0.1) is 0 Å². The van der Waals surface area contributed by atoms with E-state index in [1.54, 1.807) is 6.08 Å². The predicted octanol–water partition coefficient (Wildman–Crippen LogP) is 3.89. The summed E-state index contributed by atoms with van der Waals surface area (Å²) in [5.74, 6) is -0.413. The molecule has 0 radical (unpaired) electrons. The zero-order valence-corrected chi connectivity index (χ0v) is 12.8. The van der Waals surface area contributed by atoms with Gasteiger partial charge in [0.1, 0.15) is 6.79 Å². The van der Waals surface area contributed by atoms with Gasteiger partial charge in [0.15, 0.2) is 0 Å². The van der Waals surface area contributed by atoms with E-state index in [0.717, 1.165) is 6.42 Å². The van der Waals surface area contributed by atoms with Gasteiger partial charge in [-0.15, -0.1) is 6.58 Å². The molecule has 0 saturated carbocycles. The first-order valence-electron chi connectivity index (χ1n) is 6.54. The highest BCUT2D eigenvalue weighted by atomic mass is 16.1. The van der Waals surface area contributed by atoms with Gasteiger partial charge < -0.3 is 10.5 Å². The fourth-order valence-corrected chi connectivity index (χ4v) is 1.06. The molecule has 0 atom stereocenters. The molecule has 0 bridgehead atoms. The van der Waals surface area contributed by atoms with E-state index in [1.165, 1.54) is 11.6 Å². The quantitative estimate of drug-likeness (QED) is 0.436. The highest BCUT2D eigenvalue weighted by molar-refractivity contribution is 5.85. The number of amides is 1. The number of rotatable bonds is 7. The number of carbonyl (C=O) groups excluding carboxylic acids is 2. The van der Waals surface area contributed by atoms with Crippen LogP contribution < -0.4 is 5.73 Å². The van der Waals surface area contributed by atoms with Crippen molar-refractivity contribution < 1.29 is 9.59 Å². The molecule has 0 aliphatic carbocycles. The second-order valence-corrected chi connectivity index (χ2v) is 3.20. The lowest BCUT2D eigenvalue weighted by molar-refractivity contribution is -0.113. The molecule has 0 aliphatic rings. The van der Waals surface area contributed by atoms with Crippen LogP contribution in [0.5, 0.6) is 0 Å². The Hall–Kier alpha value is -2.16. The van der Waals surface area contributed by atoms with Gasteiger partial charge in [-0.05, 0) is 31.4 Å². The van der Waals surface area contributed by atoms with E-state index in [0.29, 0.717) is 6.42 Å². The van der Waals surface area contributed by atoms with Gasteiger partial charge in [0, 0.05) is 0 Å². The van der Waals surface area contributed by atoms with E-state index < -0.39 is 5.91 Å². The van der Waals surface area contributed by atoms with Crippen molar-refractivity contribution >= 4 is 12.7 Å². The molecule has 3 heteroatoms. The van der Waals surface area contributed by atoms with Crippen LogP contribution in [-0.2, 0) is 9.59 Å². The first-order chi connectivity index (χ1) is 9.70. The number of hydrogen-bond acceptors (Lipinski definition) is 2. The Labute approximate surface area is 123 Å². The fourth-order valence-electron chi connectivity index (χ4n) is 1.06. The van der Waals surface area contributed by atoms with Crippen LogP contribution in [0.1, 0.15) is 33.6 Å². The summed E-state index contributed by atoms with van der Waals surface area (Å²) in [5.41, 5.74) is 6.15. The Bertz CT molecular complexity index is 350. The summed E-state index contributed by atoms with van der Waals surface area (Å²) in [6.07, 6.45) is 16.5. The van der Waals surface area contributed by atoms with Gasteiger partial charge in [-0.2, -0.15) is 0 Å². The van der Waals surface area contributed by atoms with Crippen LogP contribution in [0.25, 0.3) is 0 Å². The minimum atomic E-state index is -0.413. The third-order valence-electron chi connectivity index (χ3n) is 1.77. The molecule has 0 unspecified atom stereocenters. The van der Waals surface area contributed by atoms with Gasteiger partial charge in [-0.1, -0.05) is 56.4 Å². The smallest absolute Gasteiger partial charge is 0.241 e. The highest BCUT2D eigenvalue weighted by Crippen LogP contribution is 2.05. The summed E-state index contributed by atoms with van der Waals surface area (Å²) in [6.45, 7) is 11.7. The molecular weight excluding hydrogens is 250 g/mol. The summed E-state index contributed by atoms with van der Waals surface area (Å²) < 4.78 is 0. The number of nitrogens with two attached hydrogens (primary N) is 1. The molecule has 0 aromatic carbocycles. The van der Waals surface area contributed by atoms with Gasteiger partial charge in [0.25, 0.3) is 0 Å². The van der Waals surface area contributed by atoms with Gasteiger partial charge in [-0.3, -0.25) is 4.79 Å². The molecule has 0 heterocycles. The second-order valence-electron chi connectivity index (χ2n) is 3.20. The molecule has 0 spiro atoms. The average molecular weight is 277 g/mol. The number of primary amides is 1. The Kier molecular flexibility index (Phi) is 25.3. The van der Waals surface area contributed by atoms with Crippen molar-refractivity contribution in [1.82, 2.24) is 0 Å². The third kappa shape index (κ3) is 21.2. The molecule has 20 heavy (non-hydrogen) atoms. The zero-order valence-electron chi connectivity index (χ0n) is 12.8. The average Bonchev–Trinajstić information content (AvgIpc) is 2.48. The second kappa shape index (κ2) is 22.1. The summed E-state index contributed by atoms with van der Waals surface area (Å²) in [6, 6.07) is 0. The number of allylic oxidation sites excluding steroid dienone is 8. The fraction of sp³-hybridized carbons (Fsp3) is 0.294. The van der Waals surface area contributed by atoms with Crippen molar-refractivity contribution in [3.05, 3.63) is 60.8 Å². The minimum absolute atomic E-state index is 0.413. The van der Waals surface area contributed by atoms with E-state index in [2.05, 4.69) is 6.58 Å². The molecule has 112 valence electrons. The molecule has 0 fully saturated rings.